The van der Waals surface area contributed by atoms with Crippen molar-refractivity contribution >= 4 is 27.5 Å². The summed E-state index contributed by atoms with van der Waals surface area (Å²) in [5.41, 5.74) is 1.91. The number of carbonyl (C=O) groups is 1. The summed E-state index contributed by atoms with van der Waals surface area (Å²) in [4.78, 5) is 15.2. The predicted octanol–water partition coefficient (Wildman–Crippen LogP) is 3.91. The van der Waals surface area contributed by atoms with Crippen LogP contribution in [0, 0.1) is 19.7 Å². The number of sulfonamides is 1. The van der Waals surface area contributed by atoms with Gasteiger partial charge in [0.05, 0.1) is 10.9 Å². The number of benzene rings is 2. The number of hydrogen-bond donors (Lipinski definition) is 1. The van der Waals surface area contributed by atoms with Gasteiger partial charge >= 0.3 is 0 Å². The molecule has 32 heavy (non-hydrogen) atoms. The molecule has 174 valence electrons. The molecule has 0 radical (unpaired) electrons. The Balaban J connectivity index is 1.90. The summed E-state index contributed by atoms with van der Waals surface area (Å²) >= 11 is 6.32. The standard InChI is InChI=1S/C23H29ClFN3O3S/c1-15-12-17(13-21(16(15)2)32(30,31)27(3)4)23(29)26-14-20(28-10-5-6-11-28)22-18(24)8-7-9-19(22)25/h7-9,12-13,20H,5-6,10-11,14H2,1-4H3,(H,26,29)/t20-/m0/s1. The van der Waals surface area contributed by atoms with E-state index < -0.39 is 27.8 Å². The number of rotatable bonds is 7. The molecule has 1 aliphatic heterocycles. The highest BCUT2D eigenvalue weighted by atomic mass is 35.5. The van der Waals surface area contributed by atoms with Crippen molar-refractivity contribution in [3.05, 3.63) is 63.4 Å². The van der Waals surface area contributed by atoms with E-state index in [2.05, 4.69) is 10.2 Å². The van der Waals surface area contributed by atoms with Crippen LogP contribution >= 0.6 is 11.6 Å². The van der Waals surface area contributed by atoms with Crippen LogP contribution in [0.4, 0.5) is 4.39 Å². The molecule has 1 saturated heterocycles. The second kappa shape index (κ2) is 9.87. The lowest BCUT2D eigenvalue weighted by molar-refractivity contribution is 0.0937. The summed E-state index contributed by atoms with van der Waals surface area (Å²) in [6, 6.07) is 7.23. The van der Waals surface area contributed by atoms with Crippen LogP contribution in [-0.4, -0.2) is 57.3 Å². The molecular weight excluding hydrogens is 453 g/mol. The third-order valence-electron chi connectivity index (χ3n) is 6.01. The van der Waals surface area contributed by atoms with Gasteiger partial charge in [0.25, 0.3) is 5.91 Å². The largest absolute Gasteiger partial charge is 0.350 e. The fourth-order valence-corrected chi connectivity index (χ4v) is 5.52. The van der Waals surface area contributed by atoms with Gasteiger partial charge in [0, 0.05) is 36.8 Å². The second-order valence-electron chi connectivity index (χ2n) is 8.31. The van der Waals surface area contributed by atoms with Crippen molar-refractivity contribution in [1.29, 1.82) is 0 Å². The van der Waals surface area contributed by atoms with Crippen molar-refractivity contribution in [2.24, 2.45) is 0 Å². The minimum absolute atomic E-state index is 0.0980. The van der Waals surface area contributed by atoms with Gasteiger partial charge in [-0.2, -0.15) is 0 Å². The summed E-state index contributed by atoms with van der Waals surface area (Å²) in [7, 11) is -0.799. The van der Waals surface area contributed by atoms with E-state index in [0.717, 1.165) is 30.2 Å². The molecule has 2 aromatic carbocycles. The number of aryl methyl sites for hydroxylation is 1. The fraction of sp³-hybridized carbons (Fsp3) is 0.435. The Morgan fingerprint density at radius 1 is 1.22 bits per heavy atom. The molecular formula is C23H29ClFN3O3S. The molecule has 0 aromatic heterocycles. The zero-order chi connectivity index (χ0) is 23.6. The fourth-order valence-electron chi connectivity index (χ4n) is 4.01. The number of likely N-dealkylation sites (tertiary alicyclic amines) is 1. The first-order valence-corrected chi connectivity index (χ1v) is 12.4. The number of nitrogens with one attached hydrogen (secondary N) is 1. The van der Waals surface area contributed by atoms with Gasteiger partial charge in [-0.3, -0.25) is 9.69 Å². The topological polar surface area (TPSA) is 69.7 Å². The summed E-state index contributed by atoms with van der Waals surface area (Å²) in [6.45, 7) is 5.23. The molecule has 1 atom stereocenters. The van der Waals surface area contributed by atoms with Gasteiger partial charge in [0.2, 0.25) is 10.0 Å². The summed E-state index contributed by atoms with van der Waals surface area (Å²) in [5, 5.41) is 3.19. The molecule has 0 saturated carbocycles. The third-order valence-corrected chi connectivity index (χ3v) is 8.28. The van der Waals surface area contributed by atoms with Gasteiger partial charge in [-0.15, -0.1) is 0 Å². The van der Waals surface area contributed by atoms with E-state index in [1.54, 1.807) is 32.0 Å². The van der Waals surface area contributed by atoms with Crippen LogP contribution in [0.3, 0.4) is 0 Å². The molecule has 1 aliphatic rings. The van der Waals surface area contributed by atoms with E-state index >= 15 is 0 Å². The van der Waals surface area contributed by atoms with Crippen molar-refractivity contribution in [2.45, 2.75) is 37.6 Å². The molecule has 0 unspecified atom stereocenters. The van der Waals surface area contributed by atoms with Gasteiger partial charge in [0.1, 0.15) is 5.82 Å². The molecule has 0 bridgehead atoms. The van der Waals surface area contributed by atoms with E-state index in [-0.39, 0.29) is 17.0 Å². The molecule has 0 spiro atoms. The van der Waals surface area contributed by atoms with E-state index in [1.165, 1.54) is 26.2 Å². The number of amides is 1. The monoisotopic (exact) mass is 481 g/mol. The number of nitrogens with zero attached hydrogens (tertiary/aromatic N) is 2. The van der Waals surface area contributed by atoms with Crippen LogP contribution in [0.1, 0.15) is 45.9 Å². The van der Waals surface area contributed by atoms with Crippen molar-refractivity contribution in [3.8, 4) is 0 Å². The lowest BCUT2D eigenvalue weighted by Gasteiger charge is -2.29. The van der Waals surface area contributed by atoms with Gasteiger partial charge < -0.3 is 5.32 Å². The van der Waals surface area contributed by atoms with Crippen molar-refractivity contribution in [2.75, 3.05) is 33.7 Å². The molecule has 1 heterocycles. The van der Waals surface area contributed by atoms with Gasteiger partial charge in [0.15, 0.2) is 0 Å². The highest BCUT2D eigenvalue weighted by Gasteiger charge is 2.29. The molecule has 1 fully saturated rings. The number of hydrogen-bond acceptors (Lipinski definition) is 4. The van der Waals surface area contributed by atoms with Crippen LogP contribution < -0.4 is 5.32 Å². The summed E-state index contributed by atoms with van der Waals surface area (Å²) in [5.74, 6) is -0.825. The van der Waals surface area contributed by atoms with Gasteiger partial charge in [-0.05, 0) is 75.2 Å². The Labute approximate surface area is 194 Å². The van der Waals surface area contributed by atoms with Crippen molar-refractivity contribution in [3.63, 3.8) is 0 Å². The first kappa shape index (κ1) is 24.6. The normalized spacial score (nSPS) is 15.8. The molecule has 1 N–H and O–H groups in total. The smallest absolute Gasteiger partial charge is 0.251 e. The summed E-state index contributed by atoms with van der Waals surface area (Å²) in [6.07, 6.45) is 2.00. The molecule has 2 aromatic rings. The first-order chi connectivity index (χ1) is 15.0. The Hall–Kier alpha value is -2.00. The highest BCUT2D eigenvalue weighted by Crippen LogP contribution is 2.32. The van der Waals surface area contributed by atoms with E-state index in [4.69, 9.17) is 11.6 Å². The highest BCUT2D eigenvalue weighted by molar-refractivity contribution is 7.89. The van der Waals surface area contributed by atoms with Crippen LogP contribution in [-0.2, 0) is 10.0 Å². The Morgan fingerprint density at radius 3 is 2.47 bits per heavy atom. The van der Waals surface area contributed by atoms with E-state index in [0.29, 0.717) is 21.7 Å². The van der Waals surface area contributed by atoms with Crippen LogP contribution in [0.15, 0.2) is 35.2 Å². The molecule has 0 aliphatic carbocycles. The van der Waals surface area contributed by atoms with Crippen molar-refractivity contribution < 1.29 is 17.6 Å². The Bertz CT molecular complexity index is 1100. The maximum Gasteiger partial charge on any atom is 0.251 e. The number of carbonyl (C=O) groups excluding carboxylic acids is 1. The van der Waals surface area contributed by atoms with Gasteiger partial charge in [-0.1, -0.05) is 17.7 Å². The zero-order valence-electron chi connectivity index (χ0n) is 18.8. The zero-order valence-corrected chi connectivity index (χ0v) is 20.4. The van der Waals surface area contributed by atoms with Crippen LogP contribution in [0.2, 0.25) is 5.02 Å². The Morgan fingerprint density at radius 2 is 1.88 bits per heavy atom. The number of halogens is 2. The lowest BCUT2D eigenvalue weighted by Crippen LogP contribution is -2.37. The summed E-state index contributed by atoms with van der Waals surface area (Å²) < 4.78 is 41.2. The van der Waals surface area contributed by atoms with Crippen LogP contribution in [0.5, 0.6) is 0 Å². The van der Waals surface area contributed by atoms with E-state index in [1.807, 2.05) is 0 Å². The molecule has 6 nitrogen and oxygen atoms in total. The minimum Gasteiger partial charge on any atom is -0.350 e. The first-order valence-electron chi connectivity index (χ1n) is 10.5. The predicted molar refractivity (Wildman–Crippen MR) is 124 cm³/mol. The average molecular weight is 482 g/mol. The quantitative estimate of drug-likeness (QED) is 0.651. The maximum atomic E-state index is 14.7. The molecule has 1 amide bonds. The van der Waals surface area contributed by atoms with E-state index in [9.17, 15) is 17.6 Å². The lowest BCUT2D eigenvalue weighted by atomic mass is 10.0. The minimum atomic E-state index is -3.71. The molecule has 9 heteroatoms. The van der Waals surface area contributed by atoms with Crippen molar-refractivity contribution in [1.82, 2.24) is 14.5 Å². The maximum absolute atomic E-state index is 14.7. The van der Waals surface area contributed by atoms with Gasteiger partial charge in [-0.25, -0.2) is 17.1 Å². The third kappa shape index (κ3) is 4.98. The van der Waals surface area contributed by atoms with Crippen LogP contribution in [0.25, 0.3) is 0 Å². The average Bonchev–Trinajstić information content (AvgIpc) is 3.26. The second-order valence-corrected chi connectivity index (χ2v) is 10.8. The Kier molecular flexibility index (Phi) is 7.60. The molecule has 3 rings (SSSR count). The SMILES string of the molecule is Cc1cc(C(=O)NC[C@@H](c2c(F)cccc2Cl)N2CCCC2)cc(S(=O)(=O)N(C)C)c1C.